The average molecular weight is 404 g/mol. The lowest BCUT2D eigenvalue weighted by Crippen LogP contribution is -2.44. The minimum atomic E-state index is -5.00. The molecule has 0 saturated carbocycles. The van der Waals surface area contributed by atoms with Crippen LogP contribution in [0.3, 0.4) is 0 Å². The lowest BCUT2D eigenvalue weighted by atomic mass is 10.1. The molecule has 2 aromatic rings. The Morgan fingerprint density at radius 2 is 1.75 bits per heavy atom. The molecule has 3 rings (SSSR count). The largest absolute Gasteiger partial charge is 0.519 e. The fourth-order valence-corrected chi connectivity index (χ4v) is 2.31. The van der Waals surface area contributed by atoms with E-state index in [2.05, 4.69) is 15.3 Å². The number of carbonyl (C=O) groups is 1. The van der Waals surface area contributed by atoms with E-state index in [0.717, 1.165) is 19.5 Å². The van der Waals surface area contributed by atoms with Gasteiger partial charge in [-0.25, -0.2) is 18.7 Å². The molecule has 0 bridgehead atoms. The van der Waals surface area contributed by atoms with Crippen LogP contribution in [0, 0.1) is 18.6 Å². The highest BCUT2D eigenvalue weighted by Crippen LogP contribution is 2.25. The Hall–Kier alpha value is -2.82. The summed E-state index contributed by atoms with van der Waals surface area (Å²) in [5.74, 6) is -0.803. The number of aromatic nitrogens is 2. The predicted octanol–water partition coefficient (Wildman–Crippen LogP) is 2.87. The molecule has 11 heteroatoms. The normalized spacial score (nSPS) is 13.3. The molecular weight excluding hydrogens is 387 g/mol. The molecule has 1 aliphatic heterocycles. The zero-order valence-corrected chi connectivity index (χ0v) is 14.7. The number of amides is 1. The third-order valence-electron chi connectivity index (χ3n) is 3.70. The van der Waals surface area contributed by atoms with E-state index >= 15 is 0 Å². The summed E-state index contributed by atoms with van der Waals surface area (Å²) in [6.45, 7) is 3.10. The number of nitrogens with zero attached hydrogens (tertiary/aromatic N) is 3. The van der Waals surface area contributed by atoms with Crippen molar-refractivity contribution < 1.29 is 31.9 Å². The van der Waals surface area contributed by atoms with E-state index in [1.807, 2.05) is 0 Å². The second-order valence-electron chi connectivity index (χ2n) is 5.84. The number of benzene rings is 1. The number of hydrogen-bond acceptors (Lipinski definition) is 5. The molecule has 0 unspecified atom stereocenters. The third kappa shape index (κ3) is 6.41. The first kappa shape index (κ1) is 21.5. The van der Waals surface area contributed by atoms with Gasteiger partial charge in [0.25, 0.3) is 0 Å². The van der Waals surface area contributed by atoms with Gasteiger partial charge in [0.1, 0.15) is 17.3 Å². The zero-order valence-electron chi connectivity index (χ0n) is 14.7. The number of hydrogen-bond donors (Lipinski definition) is 2. The SMILES string of the molecule is Cc1nc(NCC(=O)N2CCC2)c(F)c(-c2ccc(F)cc2)n1.OC(F)(F)F. The number of carbonyl (C=O) groups excluding carboxylic acids is 1. The van der Waals surface area contributed by atoms with Crippen molar-refractivity contribution in [3.8, 4) is 11.3 Å². The molecular formula is C17H17F5N4O2. The third-order valence-corrected chi connectivity index (χ3v) is 3.70. The minimum absolute atomic E-state index is 0.0176. The van der Waals surface area contributed by atoms with Crippen molar-refractivity contribution in [2.45, 2.75) is 19.7 Å². The monoisotopic (exact) mass is 404 g/mol. The molecule has 1 amide bonds. The van der Waals surface area contributed by atoms with Gasteiger partial charge in [0.2, 0.25) is 5.91 Å². The molecule has 28 heavy (non-hydrogen) atoms. The van der Waals surface area contributed by atoms with E-state index < -0.39 is 18.0 Å². The fourth-order valence-electron chi connectivity index (χ4n) is 2.31. The zero-order chi connectivity index (χ0) is 20.9. The first-order valence-electron chi connectivity index (χ1n) is 8.15. The second kappa shape index (κ2) is 8.91. The number of anilines is 1. The number of nitrogens with one attached hydrogen (secondary N) is 1. The lowest BCUT2D eigenvalue weighted by Gasteiger charge is -2.31. The molecule has 0 aliphatic carbocycles. The maximum Gasteiger partial charge on any atom is 0.519 e. The predicted molar refractivity (Wildman–Crippen MR) is 90.1 cm³/mol. The van der Waals surface area contributed by atoms with E-state index in [0.29, 0.717) is 11.4 Å². The van der Waals surface area contributed by atoms with Crippen molar-refractivity contribution in [2.75, 3.05) is 25.0 Å². The topological polar surface area (TPSA) is 78.4 Å². The molecule has 0 atom stereocenters. The Morgan fingerprint density at radius 3 is 2.25 bits per heavy atom. The summed E-state index contributed by atoms with van der Waals surface area (Å²) in [4.78, 5) is 21.6. The minimum Gasteiger partial charge on any atom is -0.358 e. The van der Waals surface area contributed by atoms with Gasteiger partial charge in [0, 0.05) is 18.7 Å². The number of aliphatic hydroxyl groups is 1. The first-order valence-corrected chi connectivity index (χ1v) is 8.15. The van der Waals surface area contributed by atoms with E-state index in [4.69, 9.17) is 5.11 Å². The van der Waals surface area contributed by atoms with Crippen molar-refractivity contribution in [3.05, 3.63) is 41.7 Å². The summed E-state index contributed by atoms with van der Waals surface area (Å²) in [6, 6.07) is 5.39. The van der Waals surface area contributed by atoms with Crippen LogP contribution >= 0.6 is 0 Å². The number of halogens is 5. The van der Waals surface area contributed by atoms with Crippen LogP contribution in [0.25, 0.3) is 11.3 Å². The van der Waals surface area contributed by atoms with Crippen molar-refractivity contribution in [3.63, 3.8) is 0 Å². The summed E-state index contributed by atoms with van der Waals surface area (Å²) in [5, 5.41) is 9.25. The Kier molecular flexibility index (Phi) is 6.84. The Balaban J connectivity index is 0.000000500. The van der Waals surface area contributed by atoms with Crippen LogP contribution in [-0.4, -0.2) is 51.9 Å². The summed E-state index contributed by atoms with van der Waals surface area (Å²) in [5.41, 5.74) is 0.530. The molecule has 0 spiro atoms. The van der Waals surface area contributed by atoms with Crippen LogP contribution in [0.5, 0.6) is 0 Å². The van der Waals surface area contributed by atoms with E-state index in [9.17, 15) is 26.7 Å². The van der Waals surface area contributed by atoms with Gasteiger partial charge in [0.15, 0.2) is 11.6 Å². The summed E-state index contributed by atoms with van der Waals surface area (Å²) >= 11 is 0. The van der Waals surface area contributed by atoms with Gasteiger partial charge in [-0.2, -0.15) is 0 Å². The number of rotatable bonds is 4. The van der Waals surface area contributed by atoms with Crippen LogP contribution < -0.4 is 5.32 Å². The van der Waals surface area contributed by atoms with E-state index in [1.165, 1.54) is 24.3 Å². The molecule has 6 nitrogen and oxygen atoms in total. The molecule has 1 fully saturated rings. The van der Waals surface area contributed by atoms with Gasteiger partial charge >= 0.3 is 6.36 Å². The van der Waals surface area contributed by atoms with Crippen molar-refractivity contribution in [1.29, 1.82) is 0 Å². The van der Waals surface area contributed by atoms with Crippen LogP contribution in [0.1, 0.15) is 12.2 Å². The highest BCUT2D eigenvalue weighted by molar-refractivity contribution is 5.81. The molecule has 152 valence electrons. The molecule has 1 aliphatic rings. The lowest BCUT2D eigenvalue weighted by molar-refractivity contribution is -0.295. The van der Waals surface area contributed by atoms with Gasteiger partial charge < -0.3 is 15.3 Å². The van der Waals surface area contributed by atoms with Gasteiger partial charge in [-0.3, -0.25) is 4.79 Å². The van der Waals surface area contributed by atoms with E-state index in [1.54, 1.807) is 11.8 Å². The van der Waals surface area contributed by atoms with Crippen LogP contribution in [0.2, 0.25) is 0 Å². The Labute approximate surface area is 157 Å². The van der Waals surface area contributed by atoms with Crippen LogP contribution in [0.15, 0.2) is 24.3 Å². The van der Waals surface area contributed by atoms with Crippen molar-refractivity contribution >= 4 is 11.7 Å². The molecule has 2 heterocycles. The van der Waals surface area contributed by atoms with Crippen LogP contribution in [-0.2, 0) is 4.79 Å². The molecule has 1 saturated heterocycles. The summed E-state index contributed by atoms with van der Waals surface area (Å²) < 4.78 is 57.3. The fraction of sp³-hybridized carbons (Fsp3) is 0.353. The van der Waals surface area contributed by atoms with Gasteiger partial charge in [-0.1, -0.05) is 0 Å². The Bertz CT molecular complexity index is 818. The summed E-state index contributed by atoms with van der Waals surface area (Å²) in [7, 11) is 0. The summed E-state index contributed by atoms with van der Waals surface area (Å²) in [6.07, 6.45) is -4.00. The standard InChI is InChI=1S/C16H16F2N4O.CHF3O/c1-10-20-15(11-3-5-12(17)6-4-11)14(18)16(21-10)19-9-13(23)22-7-2-8-22;2-1(3,4)5/h3-6H,2,7-9H2,1H3,(H,19,20,21);5H. The average Bonchev–Trinajstić information content (AvgIpc) is 2.53. The second-order valence-corrected chi connectivity index (χ2v) is 5.84. The van der Waals surface area contributed by atoms with Crippen molar-refractivity contribution in [1.82, 2.24) is 14.9 Å². The maximum atomic E-state index is 14.6. The molecule has 2 N–H and O–H groups in total. The highest BCUT2D eigenvalue weighted by atomic mass is 19.4. The quantitative estimate of drug-likeness (QED) is 0.767. The smallest absolute Gasteiger partial charge is 0.358 e. The Morgan fingerprint density at radius 1 is 1.18 bits per heavy atom. The first-order chi connectivity index (χ1) is 13.0. The number of alkyl halides is 3. The van der Waals surface area contributed by atoms with Gasteiger partial charge in [-0.15, -0.1) is 13.2 Å². The highest BCUT2D eigenvalue weighted by Gasteiger charge is 2.21. The van der Waals surface area contributed by atoms with Crippen LogP contribution in [0.4, 0.5) is 27.8 Å². The van der Waals surface area contributed by atoms with Gasteiger partial charge in [-0.05, 0) is 37.6 Å². The van der Waals surface area contributed by atoms with Crippen molar-refractivity contribution in [2.24, 2.45) is 0 Å². The van der Waals surface area contributed by atoms with Gasteiger partial charge in [0.05, 0.1) is 6.54 Å². The maximum absolute atomic E-state index is 14.6. The number of likely N-dealkylation sites (tertiary alicyclic amines) is 1. The van der Waals surface area contributed by atoms with E-state index in [-0.39, 0.29) is 24.0 Å². The molecule has 1 aromatic heterocycles. The molecule has 0 radical (unpaired) electrons. The number of aryl methyl sites for hydroxylation is 1. The molecule has 1 aromatic carbocycles.